The molecule has 1 heterocycles. The maximum absolute atomic E-state index is 2.55. The summed E-state index contributed by atoms with van der Waals surface area (Å²) in [5, 5.41) is 0. The molecule has 0 atom stereocenters. The van der Waals surface area contributed by atoms with Crippen LogP contribution in [-0.2, 0) is 16.2 Å². The Morgan fingerprint density at radius 3 is 1.15 bits per heavy atom. The fraction of sp³-hybridized carbons (Fsp3) is 0.615. The van der Waals surface area contributed by atoms with E-state index in [0.29, 0.717) is 0 Å². The second kappa shape index (κ2) is 6.99. The number of allylic oxidation sites excluding steroid dienone is 4. The topological polar surface area (TPSA) is 0 Å². The normalized spacial score (nSPS) is 16.7. The molecule has 1 aliphatic rings. The van der Waals surface area contributed by atoms with Gasteiger partial charge in [-0.3, -0.25) is 0 Å². The third-order valence-electron chi connectivity index (χ3n) is 6.56. The summed E-state index contributed by atoms with van der Waals surface area (Å²) in [6, 6.07) is 5.11. The van der Waals surface area contributed by atoms with Gasteiger partial charge in [0.15, 0.2) is 0 Å². The van der Waals surface area contributed by atoms with Crippen molar-refractivity contribution in [2.24, 2.45) is 0 Å². The van der Waals surface area contributed by atoms with E-state index >= 15 is 0 Å². The fourth-order valence-electron chi connectivity index (χ4n) is 4.42. The van der Waals surface area contributed by atoms with E-state index in [1.807, 2.05) is 0 Å². The average Bonchev–Trinajstić information content (AvgIpc) is 2.67. The van der Waals surface area contributed by atoms with Crippen molar-refractivity contribution >= 4 is 20.3 Å². The van der Waals surface area contributed by atoms with E-state index in [9.17, 15) is 0 Å². The van der Waals surface area contributed by atoms with Crippen LogP contribution in [0.15, 0.2) is 31.5 Å². The molecule has 0 aromatic heterocycles. The van der Waals surface area contributed by atoms with Crippen molar-refractivity contribution in [3.8, 4) is 0 Å². The number of hydrogen-bond donors (Lipinski definition) is 0. The summed E-state index contributed by atoms with van der Waals surface area (Å²) in [5.41, 5.74) is 8.31. The van der Waals surface area contributed by atoms with E-state index in [4.69, 9.17) is 0 Å². The molecule has 0 aliphatic carbocycles. The van der Waals surface area contributed by atoms with E-state index in [-0.39, 0.29) is 16.2 Å². The first kappa shape index (κ1) is 22.6. The van der Waals surface area contributed by atoms with Crippen LogP contribution in [0.5, 0.6) is 0 Å². The van der Waals surface area contributed by atoms with Gasteiger partial charge in [-0.25, -0.2) is 0 Å². The molecule has 2 rings (SSSR count). The zero-order valence-electron chi connectivity index (χ0n) is 20.2. The van der Waals surface area contributed by atoms with Gasteiger partial charge in [0.05, 0.1) is 0 Å². The second-order valence-electron chi connectivity index (χ2n) is 11.8. The Morgan fingerprint density at radius 1 is 0.556 bits per heavy atom. The van der Waals surface area contributed by atoms with Gasteiger partial charge in [-0.2, -0.15) is 0 Å². The van der Waals surface area contributed by atoms with Crippen molar-refractivity contribution in [1.82, 2.24) is 0 Å². The fourth-order valence-corrected chi connectivity index (χ4v) is 13.8. The first-order valence-electron chi connectivity index (χ1n) is 10.5. The molecule has 1 heteroatoms. The summed E-state index contributed by atoms with van der Waals surface area (Å²) >= 11 is -1.95. The molecule has 0 N–H and O–H groups in total. The molecule has 0 saturated heterocycles. The predicted octanol–water partition coefficient (Wildman–Crippen LogP) is 7.05. The van der Waals surface area contributed by atoms with E-state index in [1.54, 1.807) is 34.6 Å². The first-order chi connectivity index (χ1) is 12.0. The van der Waals surface area contributed by atoms with Gasteiger partial charge in [0.2, 0.25) is 0 Å². The molecule has 0 spiro atoms. The van der Waals surface area contributed by atoms with Gasteiger partial charge >= 0.3 is 175 Å². The Kier molecular flexibility index (Phi) is 5.86. The third-order valence-corrected chi connectivity index (χ3v) is 14.5. The summed E-state index contributed by atoms with van der Waals surface area (Å²) in [4.78, 5) is 0. The van der Waals surface area contributed by atoms with Crippen LogP contribution in [0.1, 0.15) is 107 Å². The van der Waals surface area contributed by atoms with Gasteiger partial charge in [-0.05, 0) is 0 Å². The van der Waals surface area contributed by atoms with E-state index in [1.165, 1.54) is 5.56 Å². The first-order valence-corrected chi connectivity index (χ1v) is 14.2. The van der Waals surface area contributed by atoms with Crippen LogP contribution in [0.2, 0.25) is 0 Å². The molecule has 1 aromatic carbocycles. The minimum absolute atomic E-state index is 0.160. The van der Waals surface area contributed by atoms with E-state index in [0.717, 1.165) is 0 Å². The van der Waals surface area contributed by atoms with Crippen LogP contribution in [0.4, 0.5) is 0 Å². The van der Waals surface area contributed by atoms with Crippen LogP contribution in [0.25, 0.3) is 0 Å². The van der Waals surface area contributed by atoms with E-state index in [2.05, 4.69) is 102 Å². The SMILES string of the molecule is CC1=[C](C)[Ga]([c]2c(C(C)(C)C)cc(C(C)(C)C)cc2C(C)(C)C)[C](C)=C1C. The van der Waals surface area contributed by atoms with Crippen LogP contribution in [-0.4, -0.2) is 16.2 Å². The monoisotopic (exact) mass is 422 g/mol. The van der Waals surface area contributed by atoms with Gasteiger partial charge in [-0.15, -0.1) is 0 Å². The molecule has 0 nitrogen and oxygen atoms in total. The van der Waals surface area contributed by atoms with Gasteiger partial charge in [-0.1, -0.05) is 0 Å². The van der Waals surface area contributed by atoms with Crippen LogP contribution in [0, 0.1) is 0 Å². The molecule has 0 saturated carbocycles. The van der Waals surface area contributed by atoms with Crippen LogP contribution >= 0.6 is 0 Å². The summed E-state index contributed by atoms with van der Waals surface area (Å²) in [6.07, 6.45) is 0. The predicted molar refractivity (Wildman–Crippen MR) is 125 cm³/mol. The molecule has 27 heavy (non-hydrogen) atoms. The maximum atomic E-state index is 2.55. The van der Waals surface area contributed by atoms with Crippen LogP contribution in [0.3, 0.4) is 0 Å². The quantitative estimate of drug-likeness (QED) is 0.425. The van der Waals surface area contributed by atoms with Gasteiger partial charge in [0.25, 0.3) is 0 Å². The molecule has 0 amide bonds. The van der Waals surface area contributed by atoms with E-state index < -0.39 is 16.2 Å². The molecule has 1 aliphatic heterocycles. The molecule has 148 valence electrons. The second-order valence-corrected chi connectivity index (χ2v) is 18.4. The standard InChI is InChI=1S/C18H29.C8H12.Ga/c1-16(2,3)13-10-14(17(4,5)6)12-15(11-13)18(7,8)9;1-5-7(3)8(4)6-2;/h10-11H,1-9H3;1-4H3;. The number of rotatable bonds is 1. The van der Waals surface area contributed by atoms with Crippen molar-refractivity contribution in [3.05, 3.63) is 48.2 Å². The number of benzene rings is 1. The summed E-state index contributed by atoms with van der Waals surface area (Å²) in [6.45, 7) is 31.0. The van der Waals surface area contributed by atoms with Crippen molar-refractivity contribution in [2.75, 3.05) is 0 Å². The summed E-state index contributed by atoms with van der Waals surface area (Å²) < 4.78 is 5.19. The zero-order chi connectivity index (χ0) is 21.1. The van der Waals surface area contributed by atoms with Crippen molar-refractivity contribution < 1.29 is 0 Å². The molecule has 0 fully saturated rings. The van der Waals surface area contributed by atoms with Crippen LogP contribution < -0.4 is 4.12 Å². The molecule has 0 radical (unpaired) electrons. The Hall–Kier alpha value is -0.664. The van der Waals surface area contributed by atoms with Crippen molar-refractivity contribution in [1.29, 1.82) is 0 Å². The van der Waals surface area contributed by atoms with Gasteiger partial charge < -0.3 is 0 Å². The van der Waals surface area contributed by atoms with Crippen molar-refractivity contribution in [3.63, 3.8) is 0 Å². The Morgan fingerprint density at radius 2 is 0.889 bits per heavy atom. The molecule has 0 unspecified atom stereocenters. The van der Waals surface area contributed by atoms with Gasteiger partial charge in [0.1, 0.15) is 0 Å². The summed E-state index contributed by atoms with van der Waals surface area (Å²) in [7, 11) is 0. The third kappa shape index (κ3) is 4.20. The number of hydrogen-bond acceptors (Lipinski definition) is 0. The molecular weight excluding hydrogens is 382 g/mol. The van der Waals surface area contributed by atoms with Crippen molar-refractivity contribution in [2.45, 2.75) is 106 Å². The Balaban J connectivity index is 3.00. The molecule has 1 aromatic rings. The zero-order valence-corrected chi connectivity index (χ0v) is 22.7. The Bertz CT molecular complexity index is 752. The minimum atomic E-state index is -1.95. The molecule has 0 bridgehead atoms. The average molecular weight is 423 g/mol. The van der Waals surface area contributed by atoms with Gasteiger partial charge in [0, 0.05) is 0 Å². The molecular formula is C26H41Ga. The summed E-state index contributed by atoms with van der Waals surface area (Å²) in [5.74, 6) is 0. The Labute approximate surface area is 174 Å².